The van der Waals surface area contributed by atoms with Crippen LogP contribution in [0.25, 0.3) is 0 Å². The smallest absolute Gasteiger partial charge is 0.0471 e. The van der Waals surface area contributed by atoms with Crippen molar-refractivity contribution < 1.29 is 5.11 Å². The standard InChI is InChI=1S/C17H27NO/c1-13(12-19)14(2)18-17-10-8-16(9-11-17)15-6-4-3-5-7-15/h3-7,13-14,16-19H,8-12H2,1-2H3. The number of hydrogen-bond acceptors (Lipinski definition) is 2. The molecule has 2 heteroatoms. The molecule has 1 aromatic rings. The molecule has 2 nitrogen and oxygen atoms in total. The minimum absolute atomic E-state index is 0.271. The van der Waals surface area contributed by atoms with Gasteiger partial charge in [0.15, 0.2) is 0 Å². The molecule has 0 saturated heterocycles. The Bertz CT molecular complexity index is 357. The van der Waals surface area contributed by atoms with Crippen molar-refractivity contribution in [2.24, 2.45) is 5.92 Å². The third-order valence-electron chi connectivity index (χ3n) is 4.64. The third kappa shape index (κ3) is 4.05. The Morgan fingerprint density at radius 3 is 2.32 bits per heavy atom. The molecule has 1 aliphatic carbocycles. The van der Waals surface area contributed by atoms with Gasteiger partial charge in [0.05, 0.1) is 0 Å². The summed E-state index contributed by atoms with van der Waals surface area (Å²) in [4.78, 5) is 0. The highest BCUT2D eigenvalue weighted by atomic mass is 16.3. The van der Waals surface area contributed by atoms with E-state index in [-0.39, 0.29) is 6.61 Å². The first-order valence-electron chi connectivity index (χ1n) is 7.62. The van der Waals surface area contributed by atoms with Crippen molar-refractivity contribution in [2.45, 2.75) is 57.5 Å². The lowest BCUT2D eigenvalue weighted by atomic mass is 9.81. The van der Waals surface area contributed by atoms with E-state index in [0.717, 1.165) is 5.92 Å². The van der Waals surface area contributed by atoms with Gasteiger partial charge in [-0.3, -0.25) is 0 Å². The van der Waals surface area contributed by atoms with E-state index in [9.17, 15) is 5.11 Å². The first-order chi connectivity index (χ1) is 9.20. The highest BCUT2D eigenvalue weighted by Gasteiger charge is 2.24. The van der Waals surface area contributed by atoms with Crippen LogP contribution < -0.4 is 5.32 Å². The molecule has 0 spiro atoms. The summed E-state index contributed by atoms with van der Waals surface area (Å²) in [5.41, 5.74) is 1.50. The van der Waals surface area contributed by atoms with Gasteiger partial charge in [-0.2, -0.15) is 0 Å². The Hall–Kier alpha value is -0.860. The molecule has 106 valence electrons. The van der Waals surface area contributed by atoms with E-state index in [4.69, 9.17) is 0 Å². The van der Waals surface area contributed by atoms with Crippen LogP contribution in [0.5, 0.6) is 0 Å². The fourth-order valence-electron chi connectivity index (χ4n) is 3.01. The van der Waals surface area contributed by atoms with Crippen LogP contribution in [0.4, 0.5) is 0 Å². The SMILES string of the molecule is CC(CO)C(C)NC1CCC(c2ccccc2)CC1. The Labute approximate surface area is 117 Å². The van der Waals surface area contributed by atoms with Gasteiger partial charge in [0.2, 0.25) is 0 Å². The van der Waals surface area contributed by atoms with Crippen LogP contribution in [-0.2, 0) is 0 Å². The summed E-state index contributed by atoms with van der Waals surface area (Å²) in [6.07, 6.45) is 5.06. The Morgan fingerprint density at radius 2 is 1.74 bits per heavy atom. The summed E-state index contributed by atoms with van der Waals surface area (Å²) >= 11 is 0. The predicted octanol–water partition coefficient (Wildman–Crippen LogP) is 3.32. The summed E-state index contributed by atoms with van der Waals surface area (Å²) in [7, 11) is 0. The lowest BCUT2D eigenvalue weighted by Gasteiger charge is -2.33. The van der Waals surface area contributed by atoms with Crippen LogP contribution in [0.1, 0.15) is 51.0 Å². The molecule has 0 radical (unpaired) electrons. The lowest BCUT2D eigenvalue weighted by molar-refractivity contribution is 0.192. The van der Waals surface area contributed by atoms with Crippen molar-refractivity contribution in [3.8, 4) is 0 Å². The van der Waals surface area contributed by atoms with Crippen molar-refractivity contribution in [3.63, 3.8) is 0 Å². The average molecular weight is 261 g/mol. The average Bonchev–Trinajstić information content (AvgIpc) is 2.48. The van der Waals surface area contributed by atoms with Crippen LogP contribution in [-0.4, -0.2) is 23.8 Å². The van der Waals surface area contributed by atoms with Crippen molar-refractivity contribution in [1.82, 2.24) is 5.32 Å². The summed E-state index contributed by atoms with van der Waals surface area (Å²) in [6, 6.07) is 11.9. The zero-order chi connectivity index (χ0) is 13.7. The second-order valence-electron chi connectivity index (χ2n) is 6.07. The van der Waals surface area contributed by atoms with E-state index in [1.807, 2.05) is 0 Å². The fraction of sp³-hybridized carbons (Fsp3) is 0.647. The zero-order valence-corrected chi connectivity index (χ0v) is 12.2. The van der Waals surface area contributed by atoms with Crippen LogP contribution in [0.3, 0.4) is 0 Å². The number of aliphatic hydroxyl groups is 1. The Morgan fingerprint density at radius 1 is 1.11 bits per heavy atom. The maximum Gasteiger partial charge on any atom is 0.0471 e. The first-order valence-corrected chi connectivity index (χ1v) is 7.62. The van der Waals surface area contributed by atoms with E-state index in [1.165, 1.54) is 31.2 Å². The lowest BCUT2D eigenvalue weighted by Crippen LogP contribution is -2.42. The summed E-state index contributed by atoms with van der Waals surface area (Å²) < 4.78 is 0. The normalized spacial score (nSPS) is 26.9. The van der Waals surface area contributed by atoms with Gasteiger partial charge in [-0.15, -0.1) is 0 Å². The monoisotopic (exact) mass is 261 g/mol. The highest BCUT2D eigenvalue weighted by molar-refractivity contribution is 5.20. The molecule has 2 N–H and O–H groups in total. The molecule has 1 aromatic carbocycles. The molecule has 0 bridgehead atoms. The number of aliphatic hydroxyl groups excluding tert-OH is 1. The Kier molecular flexibility index (Phi) is 5.41. The molecule has 2 atom stereocenters. The largest absolute Gasteiger partial charge is 0.396 e. The van der Waals surface area contributed by atoms with Gasteiger partial charge in [0.25, 0.3) is 0 Å². The fourth-order valence-corrected chi connectivity index (χ4v) is 3.01. The van der Waals surface area contributed by atoms with Gasteiger partial charge >= 0.3 is 0 Å². The summed E-state index contributed by atoms with van der Waals surface area (Å²) in [5, 5.41) is 12.9. The second kappa shape index (κ2) is 7.06. The van der Waals surface area contributed by atoms with Crippen LogP contribution in [0.2, 0.25) is 0 Å². The second-order valence-corrected chi connectivity index (χ2v) is 6.07. The van der Waals surface area contributed by atoms with E-state index >= 15 is 0 Å². The van der Waals surface area contributed by atoms with Gasteiger partial charge < -0.3 is 10.4 Å². The summed E-state index contributed by atoms with van der Waals surface area (Å²) in [6.45, 7) is 4.56. The molecule has 1 aliphatic rings. The molecule has 2 unspecified atom stereocenters. The van der Waals surface area contributed by atoms with Crippen molar-refractivity contribution in [1.29, 1.82) is 0 Å². The third-order valence-corrected chi connectivity index (χ3v) is 4.64. The number of rotatable bonds is 5. The van der Waals surface area contributed by atoms with E-state index in [1.54, 1.807) is 0 Å². The molecular weight excluding hydrogens is 234 g/mol. The molecule has 19 heavy (non-hydrogen) atoms. The number of hydrogen-bond donors (Lipinski definition) is 2. The molecule has 2 rings (SSSR count). The molecule has 0 aromatic heterocycles. The van der Waals surface area contributed by atoms with Gasteiger partial charge in [0, 0.05) is 18.7 Å². The Balaban J connectivity index is 1.80. The highest BCUT2D eigenvalue weighted by Crippen LogP contribution is 2.32. The minimum Gasteiger partial charge on any atom is -0.396 e. The van der Waals surface area contributed by atoms with Gasteiger partial charge in [-0.1, -0.05) is 37.3 Å². The molecular formula is C17H27NO. The van der Waals surface area contributed by atoms with Crippen molar-refractivity contribution in [2.75, 3.05) is 6.61 Å². The van der Waals surface area contributed by atoms with Gasteiger partial charge in [-0.25, -0.2) is 0 Å². The first kappa shape index (κ1) is 14.5. The molecule has 1 saturated carbocycles. The molecule has 1 fully saturated rings. The molecule has 0 aliphatic heterocycles. The number of nitrogens with one attached hydrogen (secondary N) is 1. The quantitative estimate of drug-likeness (QED) is 0.852. The maximum absolute atomic E-state index is 9.19. The van der Waals surface area contributed by atoms with Gasteiger partial charge in [0.1, 0.15) is 0 Å². The van der Waals surface area contributed by atoms with Crippen LogP contribution >= 0.6 is 0 Å². The van der Waals surface area contributed by atoms with E-state index in [0.29, 0.717) is 18.0 Å². The van der Waals surface area contributed by atoms with Crippen molar-refractivity contribution in [3.05, 3.63) is 35.9 Å². The van der Waals surface area contributed by atoms with Crippen molar-refractivity contribution >= 4 is 0 Å². The molecule has 0 heterocycles. The van der Waals surface area contributed by atoms with Gasteiger partial charge in [-0.05, 0) is 50.0 Å². The van der Waals surface area contributed by atoms with E-state index < -0.39 is 0 Å². The number of benzene rings is 1. The zero-order valence-electron chi connectivity index (χ0n) is 12.2. The summed E-state index contributed by atoms with van der Waals surface area (Å²) in [5.74, 6) is 1.08. The topological polar surface area (TPSA) is 32.3 Å². The predicted molar refractivity (Wildman–Crippen MR) is 80.3 cm³/mol. The van der Waals surface area contributed by atoms with Crippen LogP contribution in [0.15, 0.2) is 30.3 Å². The van der Waals surface area contributed by atoms with Crippen LogP contribution in [0, 0.1) is 5.92 Å². The maximum atomic E-state index is 9.19. The van der Waals surface area contributed by atoms with E-state index in [2.05, 4.69) is 49.5 Å². The minimum atomic E-state index is 0.271. The molecule has 0 amide bonds.